The van der Waals surface area contributed by atoms with Crippen molar-refractivity contribution in [3.63, 3.8) is 0 Å². The second kappa shape index (κ2) is 8.62. The molecule has 0 bridgehead atoms. The van der Waals surface area contributed by atoms with Crippen molar-refractivity contribution >= 4 is 21.7 Å². The van der Waals surface area contributed by atoms with E-state index in [1.807, 2.05) is 6.07 Å². The molecule has 0 N–H and O–H groups in total. The van der Waals surface area contributed by atoms with E-state index < -0.39 is 15.8 Å². The molecular weight excluding hydrogens is 393 g/mol. The Balaban J connectivity index is 1.39. The molecule has 2 aliphatic rings. The van der Waals surface area contributed by atoms with E-state index in [1.54, 1.807) is 12.4 Å². The van der Waals surface area contributed by atoms with Crippen molar-refractivity contribution in [3.05, 3.63) is 48.0 Å². The van der Waals surface area contributed by atoms with E-state index >= 15 is 0 Å². The number of rotatable bonds is 5. The highest BCUT2D eigenvalue weighted by atomic mass is 32.2. The molecule has 1 aromatic heterocycles. The molecule has 0 spiro atoms. The van der Waals surface area contributed by atoms with E-state index in [-0.39, 0.29) is 5.75 Å². The molecule has 156 valence electrons. The molecule has 2 fully saturated rings. The summed E-state index contributed by atoms with van der Waals surface area (Å²) in [5.74, 6) is 1.17. The molecule has 0 aliphatic carbocycles. The second-order valence-electron chi connectivity index (χ2n) is 7.55. The summed E-state index contributed by atoms with van der Waals surface area (Å²) in [4.78, 5) is 13.2. The molecule has 29 heavy (non-hydrogen) atoms. The van der Waals surface area contributed by atoms with Crippen LogP contribution in [0.15, 0.2) is 36.7 Å². The number of nitrogens with zero attached hydrogens (tertiary/aromatic N) is 5. The molecule has 0 radical (unpaired) electrons. The zero-order valence-corrected chi connectivity index (χ0v) is 17.2. The van der Waals surface area contributed by atoms with Gasteiger partial charge < -0.3 is 9.80 Å². The van der Waals surface area contributed by atoms with Gasteiger partial charge in [-0.25, -0.2) is 22.8 Å². The van der Waals surface area contributed by atoms with Gasteiger partial charge in [0, 0.05) is 45.3 Å². The summed E-state index contributed by atoms with van der Waals surface area (Å²) < 4.78 is 40.3. The molecule has 0 amide bonds. The normalized spacial score (nSPS) is 18.8. The number of aromatic nitrogens is 2. The molecule has 2 aliphatic heterocycles. The van der Waals surface area contributed by atoms with Gasteiger partial charge in [-0.1, -0.05) is 12.1 Å². The predicted octanol–water partition coefficient (Wildman–Crippen LogP) is 2.26. The maximum absolute atomic E-state index is 13.4. The van der Waals surface area contributed by atoms with Crippen LogP contribution in [-0.2, 0) is 15.8 Å². The molecule has 2 saturated heterocycles. The van der Waals surface area contributed by atoms with Crippen LogP contribution >= 0.6 is 0 Å². The molecule has 0 unspecified atom stereocenters. The van der Waals surface area contributed by atoms with Gasteiger partial charge in [0.25, 0.3) is 0 Å². The van der Waals surface area contributed by atoms with E-state index in [0.717, 1.165) is 24.7 Å². The van der Waals surface area contributed by atoms with Crippen LogP contribution in [0.4, 0.5) is 16.0 Å². The number of piperazine rings is 1. The highest BCUT2D eigenvalue weighted by molar-refractivity contribution is 7.88. The monoisotopic (exact) mass is 419 g/mol. The van der Waals surface area contributed by atoms with Gasteiger partial charge in [-0.2, -0.15) is 4.31 Å². The number of benzene rings is 1. The molecule has 0 saturated carbocycles. The summed E-state index contributed by atoms with van der Waals surface area (Å²) in [5.41, 5.74) is 0.467. The largest absolute Gasteiger partial charge is 0.356 e. The van der Waals surface area contributed by atoms with Crippen LogP contribution < -0.4 is 9.80 Å². The molecule has 3 heterocycles. The van der Waals surface area contributed by atoms with E-state index in [4.69, 9.17) is 0 Å². The Morgan fingerprint density at radius 1 is 0.862 bits per heavy atom. The van der Waals surface area contributed by atoms with Crippen LogP contribution in [0.25, 0.3) is 0 Å². The Bertz CT molecular complexity index is 941. The second-order valence-corrected chi connectivity index (χ2v) is 9.52. The van der Waals surface area contributed by atoms with Gasteiger partial charge in [-0.05, 0) is 37.0 Å². The summed E-state index contributed by atoms with van der Waals surface area (Å²) in [6, 6.07) is 7.76. The highest BCUT2D eigenvalue weighted by Crippen LogP contribution is 2.23. The van der Waals surface area contributed by atoms with Crippen molar-refractivity contribution in [3.8, 4) is 0 Å². The van der Waals surface area contributed by atoms with Crippen LogP contribution in [0.5, 0.6) is 0 Å². The van der Waals surface area contributed by atoms with Gasteiger partial charge in [0.15, 0.2) is 0 Å². The van der Waals surface area contributed by atoms with Crippen molar-refractivity contribution in [1.82, 2.24) is 14.3 Å². The van der Waals surface area contributed by atoms with Crippen molar-refractivity contribution in [2.24, 2.45) is 0 Å². The fourth-order valence-corrected chi connectivity index (χ4v) is 5.43. The Morgan fingerprint density at radius 3 is 2.17 bits per heavy atom. The average Bonchev–Trinajstić information content (AvgIpc) is 2.74. The van der Waals surface area contributed by atoms with Gasteiger partial charge in [0.05, 0.1) is 5.75 Å². The minimum Gasteiger partial charge on any atom is -0.356 e. The van der Waals surface area contributed by atoms with E-state index in [9.17, 15) is 12.8 Å². The average molecular weight is 420 g/mol. The van der Waals surface area contributed by atoms with E-state index in [1.165, 1.54) is 41.8 Å². The third-order valence-electron chi connectivity index (χ3n) is 5.51. The zero-order valence-electron chi connectivity index (χ0n) is 16.4. The Labute approximate surface area is 171 Å². The summed E-state index contributed by atoms with van der Waals surface area (Å²) in [5, 5.41) is 0. The van der Waals surface area contributed by atoms with Crippen LogP contribution in [0, 0.1) is 5.82 Å². The van der Waals surface area contributed by atoms with Crippen LogP contribution in [0.1, 0.15) is 24.8 Å². The quantitative estimate of drug-likeness (QED) is 0.741. The van der Waals surface area contributed by atoms with Gasteiger partial charge in [0.2, 0.25) is 10.0 Å². The lowest BCUT2D eigenvalue weighted by atomic mass is 10.1. The smallest absolute Gasteiger partial charge is 0.218 e. The summed E-state index contributed by atoms with van der Waals surface area (Å²) in [6.07, 6.45) is 5.22. The number of anilines is 2. The third-order valence-corrected chi connectivity index (χ3v) is 7.36. The summed E-state index contributed by atoms with van der Waals surface area (Å²) in [6.45, 7) is 3.95. The first kappa shape index (κ1) is 20.0. The van der Waals surface area contributed by atoms with Crippen LogP contribution in [0.2, 0.25) is 0 Å². The fourth-order valence-electron chi connectivity index (χ4n) is 3.93. The maximum atomic E-state index is 13.4. The summed E-state index contributed by atoms with van der Waals surface area (Å²) in [7, 11) is -3.49. The fraction of sp³-hybridized carbons (Fsp3) is 0.500. The minimum atomic E-state index is -3.49. The summed E-state index contributed by atoms with van der Waals surface area (Å²) >= 11 is 0. The Kier molecular flexibility index (Phi) is 5.96. The van der Waals surface area contributed by atoms with Crippen LogP contribution in [-0.4, -0.2) is 62.0 Å². The molecular formula is C20H26FN5O2S. The third kappa shape index (κ3) is 4.84. The van der Waals surface area contributed by atoms with Gasteiger partial charge in [-0.15, -0.1) is 0 Å². The number of sulfonamides is 1. The Hall–Kier alpha value is -2.26. The lowest BCUT2D eigenvalue weighted by molar-refractivity contribution is 0.383. The van der Waals surface area contributed by atoms with Gasteiger partial charge in [-0.3, -0.25) is 0 Å². The minimum absolute atomic E-state index is 0.183. The zero-order chi connectivity index (χ0) is 20.3. The van der Waals surface area contributed by atoms with Crippen molar-refractivity contribution < 1.29 is 12.8 Å². The topological polar surface area (TPSA) is 69.6 Å². The maximum Gasteiger partial charge on any atom is 0.218 e. The van der Waals surface area contributed by atoms with E-state index in [2.05, 4.69) is 19.8 Å². The van der Waals surface area contributed by atoms with Crippen LogP contribution in [0.3, 0.4) is 0 Å². The predicted molar refractivity (Wildman–Crippen MR) is 111 cm³/mol. The van der Waals surface area contributed by atoms with E-state index in [0.29, 0.717) is 31.7 Å². The number of halogens is 1. The lowest BCUT2D eigenvalue weighted by Crippen LogP contribution is -2.49. The standard InChI is InChI=1S/C20H26FN5O2S/c21-18-6-4-5-17(13-18)15-29(27,28)26-11-9-25(10-12-26)20-14-19(22-16-23-20)24-7-2-1-3-8-24/h4-6,13-14,16H,1-3,7-12,15H2. The molecule has 7 nitrogen and oxygen atoms in total. The molecule has 2 aromatic rings. The first-order valence-electron chi connectivity index (χ1n) is 10.1. The van der Waals surface area contributed by atoms with Crippen molar-refractivity contribution in [2.75, 3.05) is 49.1 Å². The van der Waals surface area contributed by atoms with Crippen molar-refractivity contribution in [2.45, 2.75) is 25.0 Å². The van der Waals surface area contributed by atoms with Crippen molar-refractivity contribution in [1.29, 1.82) is 0 Å². The number of hydrogen-bond acceptors (Lipinski definition) is 6. The highest BCUT2D eigenvalue weighted by Gasteiger charge is 2.28. The molecule has 9 heteroatoms. The van der Waals surface area contributed by atoms with Gasteiger partial charge >= 0.3 is 0 Å². The first-order valence-corrected chi connectivity index (χ1v) is 11.7. The number of piperidine rings is 1. The first-order chi connectivity index (χ1) is 14.0. The SMILES string of the molecule is O=S(=O)(Cc1cccc(F)c1)N1CCN(c2cc(N3CCCCC3)ncn2)CC1. The number of hydrogen-bond donors (Lipinski definition) is 0. The molecule has 4 rings (SSSR count). The Morgan fingerprint density at radius 2 is 1.52 bits per heavy atom. The van der Waals surface area contributed by atoms with Gasteiger partial charge in [0.1, 0.15) is 23.8 Å². The molecule has 1 aromatic carbocycles. The molecule has 0 atom stereocenters. The lowest BCUT2D eigenvalue weighted by Gasteiger charge is -2.35.